The Hall–Kier alpha value is -3.71. The van der Waals surface area contributed by atoms with E-state index in [-0.39, 0.29) is 11.8 Å². The third-order valence-corrected chi connectivity index (χ3v) is 5.91. The fourth-order valence-electron chi connectivity index (χ4n) is 3.56. The molecule has 3 aromatic rings. The van der Waals surface area contributed by atoms with Crippen LogP contribution in [0.15, 0.2) is 54.6 Å². The van der Waals surface area contributed by atoms with E-state index < -0.39 is 6.10 Å². The van der Waals surface area contributed by atoms with Crippen molar-refractivity contribution in [1.29, 1.82) is 0 Å². The van der Waals surface area contributed by atoms with Gasteiger partial charge in [-0.15, -0.1) is 0 Å². The number of carbonyl (C=O) groups is 2. The number of benzene rings is 3. The van der Waals surface area contributed by atoms with E-state index in [9.17, 15) is 9.59 Å². The van der Waals surface area contributed by atoms with Gasteiger partial charge in [0.05, 0.1) is 24.6 Å². The van der Waals surface area contributed by atoms with Crippen LogP contribution in [0.4, 0.5) is 11.4 Å². The molecule has 2 amide bonds. The lowest BCUT2D eigenvalue weighted by molar-refractivity contribution is -0.122. The third kappa shape index (κ3) is 6.70. The van der Waals surface area contributed by atoms with Crippen molar-refractivity contribution in [2.45, 2.75) is 40.7 Å². The summed E-state index contributed by atoms with van der Waals surface area (Å²) in [6, 6.07) is 15.7. The molecule has 0 saturated carbocycles. The molecule has 0 saturated heterocycles. The minimum atomic E-state index is -0.799. The highest BCUT2D eigenvalue weighted by Crippen LogP contribution is 2.37. The Labute approximate surface area is 216 Å². The molecule has 1 unspecified atom stereocenters. The summed E-state index contributed by atoms with van der Waals surface area (Å²) in [6.07, 6.45) is -0.799. The summed E-state index contributed by atoms with van der Waals surface area (Å²) >= 11 is 6.24. The lowest BCUT2D eigenvalue weighted by Crippen LogP contribution is -2.30. The maximum Gasteiger partial charge on any atom is 0.265 e. The minimum Gasteiger partial charge on any atom is -0.492 e. The van der Waals surface area contributed by atoms with Crippen LogP contribution in [0.5, 0.6) is 17.2 Å². The Morgan fingerprint density at radius 2 is 1.39 bits per heavy atom. The van der Waals surface area contributed by atoms with Crippen molar-refractivity contribution in [1.82, 2.24) is 0 Å². The maximum atomic E-state index is 13.0. The van der Waals surface area contributed by atoms with Gasteiger partial charge in [-0.2, -0.15) is 0 Å². The van der Waals surface area contributed by atoms with E-state index >= 15 is 0 Å². The fraction of sp³-hybridized carbons (Fsp3) is 0.286. The van der Waals surface area contributed by atoms with Crippen molar-refractivity contribution >= 4 is 34.8 Å². The Bertz CT molecular complexity index is 1210. The molecule has 0 bridgehead atoms. The summed E-state index contributed by atoms with van der Waals surface area (Å²) in [4.78, 5) is 25.7. The number of aryl methyl sites for hydroxylation is 2. The van der Waals surface area contributed by atoms with Crippen LogP contribution in [0.2, 0.25) is 5.02 Å². The van der Waals surface area contributed by atoms with Crippen molar-refractivity contribution in [2.24, 2.45) is 0 Å². The molecule has 1 atom stereocenters. The van der Waals surface area contributed by atoms with Gasteiger partial charge in [0, 0.05) is 22.7 Å². The Kier molecular flexibility index (Phi) is 9.19. The van der Waals surface area contributed by atoms with E-state index in [0.717, 1.165) is 11.1 Å². The topological polar surface area (TPSA) is 85.9 Å². The fourth-order valence-corrected chi connectivity index (χ4v) is 3.66. The van der Waals surface area contributed by atoms with Gasteiger partial charge in [-0.3, -0.25) is 9.59 Å². The average Bonchev–Trinajstić information content (AvgIpc) is 2.85. The molecular formula is C28H31ClN2O5. The summed E-state index contributed by atoms with van der Waals surface area (Å²) in [6.45, 7) is 9.82. The zero-order valence-electron chi connectivity index (χ0n) is 21.1. The number of ether oxygens (including phenoxy) is 3. The second-order valence-corrected chi connectivity index (χ2v) is 8.53. The minimum absolute atomic E-state index is 0.286. The summed E-state index contributed by atoms with van der Waals surface area (Å²) in [5.41, 5.74) is 3.08. The van der Waals surface area contributed by atoms with Gasteiger partial charge < -0.3 is 24.8 Å². The van der Waals surface area contributed by atoms with E-state index in [1.807, 2.05) is 33.8 Å². The molecule has 0 radical (unpaired) electrons. The number of carbonyl (C=O) groups excluding carboxylic acids is 2. The molecule has 0 aliphatic carbocycles. The molecule has 0 aromatic heterocycles. The number of hydrogen-bond donors (Lipinski definition) is 2. The molecule has 0 aliphatic heterocycles. The van der Waals surface area contributed by atoms with E-state index in [0.29, 0.717) is 52.4 Å². The average molecular weight is 511 g/mol. The molecule has 36 heavy (non-hydrogen) atoms. The number of nitrogens with one attached hydrogen (secondary N) is 2. The van der Waals surface area contributed by atoms with Crippen molar-refractivity contribution in [3.05, 3.63) is 76.3 Å². The van der Waals surface area contributed by atoms with Crippen LogP contribution < -0.4 is 24.8 Å². The van der Waals surface area contributed by atoms with Crippen LogP contribution in [0.1, 0.15) is 42.3 Å². The molecule has 0 spiro atoms. The Balaban J connectivity index is 1.84. The normalized spacial score (nSPS) is 11.4. The van der Waals surface area contributed by atoms with Gasteiger partial charge in [-0.25, -0.2) is 0 Å². The molecule has 0 heterocycles. The summed E-state index contributed by atoms with van der Waals surface area (Å²) in [5, 5.41) is 6.40. The highest BCUT2D eigenvalue weighted by Gasteiger charge is 2.21. The first-order valence-corrected chi connectivity index (χ1v) is 12.2. The molecule has 8 heteroatoms. The number of amides is 2. The summed E-state index contributed by atoms with van der Waals surface area (Å²) < 4.78 is 17.4. The van der Waals surface area contributed by atoms with Crippen molar-refractivity contribution < 1.29 is 23.8 Å². The van der Waals surface area contributed by atoms with E-state index in [4.69, 9.17) is 25.8 Å². The number of anilines is 2. The van der Waals surface area contributed by atoms with E-state index in [1.165, 1.54) is 0 Å². The molecule has 0 aliphatic rings. The maximum absolute atomic E-state index is 13.0. The van der Waals surface area contributed by atoms with Gasteiger partial charge in [-0.05, 0) is 70.0 Å². The Morgan fingerprint density at radius 1 is 0.861 bits per heavy atom. The van der Waals surface area contributed by atoms with Crippen molar-refractivity contribution in [3.8, 4) is 17.2 Å². The van der Waals surface area contributed by atoms with E-state index in [1.54, 1.807) is 55.5 Å². The number of halogens is 1. The monoisotopic (exact) mass is 510 g/mol. The predicted octanol–water partition coefficient (Wildman–Crippen LogP) is 6.41. The molecule has 3 rings (SSSR count). The van der Waals surface area contributed by atoms with Crippen LogP contribution in [-0.4, -0.2) is 31.1 Å². The number of rotatable bonds is 10. The van der Waals surface area contributed by atoms with E-state index in [2.05, 4.69) is 10.6 Å². The van der Waals surface area contributed by atoms with Crippen LogP contribution >= 0.6 is 11.6 Å². The molecule has 190 valence electrons. The highest BCUT2D eigenvalue weighted by atomic mass is 35.5. The molecule has 3 aromatic carbocycles. The lowest BCUT2D eigenvalue weighted by Gasteiger charge is -2.20. The van der Waals surface area contributed by atoms with Gasteiger partial charge in [-0.1, -0.05) is 29.8 Å². The predicted molar refractivity (Wildman–Crippen MR) is 143 cm³/mol. The standard InChI is InChI=1S/C28H31ClN2O5/c1-6-34-24-16-23(31-28(33)20-11-9-8-10-12-20)25(35-7-2)15-22(24)30-27(32)19(5)36-21-13-17(3)26(29)18(4)14-21/h8-16,19H,6-7H2,1-5H3,(H,30,32)(H,31,33). The van der Waals surface area contributed by atoms with Gasteiger partial charge in [0.25, 0.3) is 11.8 Å². The van der Waals surface area contributed by atoms with Crippen LogP contribution in [0, 0.1) is 13.8 Å². The number of hydrogen-bond acceptors (Lipinski definition) is 5. The largest absolute Gasteiger partial charge is 0.492 e. The quantitative estimate of drug-likeness (QED) is 0.329. The van der Waals surface area contributed by atoms with Crippen LogP contribution in [0.25, 0.3) is 0 Å². The first-order chi connectivity index (χ1) is 17.2. The zero-order chi connectivity index (χ0) is 26.2. The first kappa shape index (κ1) is 26.9. The lowest BCUT2D eigenvalue weighted by atomic mass is 10.1. The first-order valence-electron chi connectivity index (χ1n) is 11.8. The van der Waals surface area contributed by atoms with Crippen molar-refractivity contribution in [2.75, 3.05) is 23.8 Å². The van der Waals surface area contributed by atoms with Crippen LogP contribution in [0.3, 0.4) is 0 Å². The van der Waals surface area contributed by atoms with Gasteiger partial charge in [0.1, 0.15) is 17.2 Å². The summed E-state index contributed by atoms with van der Waals surface area (Å²) in [7, 11) is 0. The molecule has 7 nitrogen and oxygen atoms in total. The SMILES string of the molecule is CCOc1cc(NC(=O)C(C)Oc2cc(C)c(Cl)c(C)c2)c(OCC)cc1NC(=O)c1ccccc1. The zero-order valence-corrected chi connectivity index (χ0v) is 21.9. The third-order valence-electron chi connectivity index (χ3n) is 5.32. The smallest absolute Gasteiger partial charge is 0.265 e. The molecular weight excluding hydrogens is 480 g/mol. The second kappa shape index (κ2) is 12.3. The van der Waals surface area contributed by atoms with Crippen molar-refractivity contribution in [3.63, 3.8) is 0 Å². The highest BCUT2D eigenvalue weighted by molar-refractivity contribution is 6.32. The second-order valence-electron chi connectivity index (χ2n) is 8.15. The van der Waals surface area contributed by atoms with Gasteiger partial charge in [0.15, 0.2) is 6.10 Å². The van der Waals surface area contributed by atoms with Gasteiger partial charge in [0.2, 0.25) is 0 Å². The summed E-state index contributed by atoms with van der Waals surface area (Å²) in [5.74, 6) is 0.688. The van der Waals surface area contributed by atoms with Gasteiger partial charge >= 0.3 is 0 Å². The Morgan fingerprint density at radius 3 is 1.92 bits per heavy atom. The molecule has 2 N–H and O–H groups in total. The molecule has 0 fully saturated rings. The van der Waals surface area contributed by atoms with Crippen LogP contribution in [-0.2, 0) is 4.79 Å².